The highest BCUT2D eigenvalue weighted by atomic mass is 35.5. The van der Waals surface area contributed by atoms with E-state index in [-0.39, 0.29) is 30.1 Å². The van der Waals surface area contributed by atoms with Crippen molar-refractivity contribution in [1.82, 2.24) is 4.90 Å². The average molecular weight is 488 g/mol. The van der Waals surface area contributed by atoms with Gasteiger partial charge in [-0.3, -0.25) is 14.5 Å². The highest BCUT2D eigenvalue weighted by Crippen LogP contribution is 2.34. The lowest BCUT2D eigenvalue weighted by Gasteiger charge is -2.12. The molecule has 162 valence electrons. The minimum absolute atomic E-state index is 0.111. The Hall–Kier alpha value is -2.80. The molecule has 32 heavy (non-hydrogen) atoms. The molecule has 0 bridgehead atoms. The van der Waals surface area contributed by atoms with Crippen molar-refractivity contribution in [3.63, 3.8) is 0 Å². The van der Waals surface area contributed by atoms with Gasteiger partial charge in [-0.1, -0.05) is 59.6 Å². The Morgan fingerprint density at radius 2 is 1.72 bits per heavy atom. The minimum atomic E-state index is -0.369. The van der Waals surface area contributed by atoms with Gasteiger partial charge in [-0.25, -0.2) is 4.39 Å². The summed E-state index contributed by atoms with van der Waals surface area (Å²) in [6, 6.07) is 18.4. The normalized spacial score (nSPS) is 15.0. The van der Waals surface area contributed by atoms with Crippen LogP contribution in [-0.4, -0.2) is 16.0 Å². The summed E-state index contributed by atoms with van der Waals surface area (Å²) < 4.78 is 19.3. The van der Waals surface area contributed by atoms with Crippen LogP contribution in [0, 0.1) is 5.82 Å². The summed E-state index contributed by atoms with van der Waals surface area (Å²) in [5, 5.41) is 0.423. The summed E-state index contributed by atoms with van der Waals surface area (Å²) in [6.45, 7) is 0.224. The Kier molecular flexibility index (Phi) is 6.84. The lowest BCUT2D eigenvalue weighted by atomic mass is 10.2. The van der Waals surface area contributed by atoms with E-state index in [9.17, 15) is 14.0 Å². The number of halogens is 3. The monoisotopic (exact) mass is 487 g/mol. The summed E-state index contributed by atoms with van der Waals surface area (Å²) in [5.74, 6) is -0.121. The molecule has 0 unspecified atom stereocenters. The molecule has 1 fully saturated rings. The van der Waals surface area contributed by atoms with Gasteiger partial charge in [0.05, 0.1) is 21.5 Å². The molecular formula is C24H16Cl2FNO3S. The second-order valence-corrected chi connectivity index (χ2v) is 8.77. The van der Waals surface area contributed by atoms with Crippen molar-refractivity contribution in [2.45, 2.75) is 13.2 Å². The maximum absolute atomic E-state index is 13.7. The van der Waals surface area contributed by atoms with Crippen LogP contribution >= 0.6 is 35.0 Å². The number of imide groups is 1. The molecule has 0 N–H and O–H groups in total. The number of carbonyl (C=O) groups is 2. The molecular weight excluding hydrogens is 472 g/mol. The zero-order chi connectivity index (χ0) is 22.7. The standard InChI is InChI=1S/C24H16Cl2FNO3S/c25-19-10-7-16(11-20(19)26)13-28-23(29)22(32-24(28)30)12-15-5-8-18(9-6-15)31-14-17-3-1-2-4-21(17)27/h1-12H,13-14H2/b22-12+. The van der Waals surface area contributed by atoms with Crippen molar-refractivity contribution >= 4 is 52.2 Å². The highest BCUT2D eigenvalue weighted by molar-refractivity contribution is 8.18. The van der Waals surface area contributed by atoms with Gasteiger partial charge in [-0.05, 0) is 59.3 Å². The van der Waals surface area contributed by atoms with Crippen molar-refractivity contribution in [3.05, 3.63) is 104 Å². The van der Waals surface area contributed by atoms with Crippen molar-refractivity contribution in [1.29, 1.82) is 0 Å². The molecule has 1 aliphatic rings. The number of carbonyl (C=O) groups excluding carboxylic acids is 2. The van der Waals surface area contributed by atoms with Gasteiger partial charge in [0.15, 0.2) is 0 Å². The molecule has 3 aromatic rings. The van der Waals surface area contributed by atoms with E-state index < -0.39 is 0 Å². The van der Waals surface area contributed by atoms with E-state index in [1.54, 1.807) is 66.7 Å². The fraction of sp³-hybridized carbons (Fsp3) is 0.0833. The quantitative estimate of drug-likeness (QED) is 0.353. The summed E-state index contributed by atoms with van der Waals surface area (Å²) in [5.41, 5.74) is 1.91. The molecule has 0 saturated carbocycles. The van der Waals surface area contributed by atoms with Crippen LogP contribution in [-0.2, 0) is 17.9 Å². The molecule has 1 aliphatic heterocycles. The third-order valence-corrected chi connectivity index (χ3v) is 6.37. The number of amides is 2. The van der Waals surface area contributed by atoms with Crippen molar-refractivity contribution in [2.75, 3.05) is 0 Å². The largest absolute Gasteiger partial charge is 0.489 e. The number of rotatable bonds is 6. The maximum Gasteiger partial charge on any atom is 0.293 e. The molecule has 0 aromatic heterocycles. The van der Waals surface area contributed by atoms with Gasteiger partial charge in [-0.2, -0.15) is 0 Å². The topological polar surface area (TPSA) is 46.6 Å². The molecule has 1 heterocycles. The minimum Gasteiger partial charge on any atom is -0.489 e. The maximum atomic E-state index is 13.7. The fourth-order valence-corrected chi connectivity index (χ4v) is 4.20. The number of hydrogen-bond acceptors (Lipinski definition) is 4. The molecule has 0 radical (unpaired) electrons. The van der Waals surface area contributed by atoms with Crippen LogP contribution in [0.4, 0.5) is 9.18 Å². The van der Waals surface area contributed by atoms with E-state index in [4.69, 9.17) is 27.9 Å². The fourth-order valence-electron chi connectivity index (χ4n) is 3.05. The number of hydrogen-bond donors (Lipinski definition) is 0. The van der Waals surface area contributed by atoms with E-state index in [0.29, 0.717) is 31.8 Å². The van der Waals surface area contributed by atoms with Gasteiger partial charge in [0.25, 0.3) is 11.1 Å². The van der Waals surface area contributed by atoms with Crippen LogP contribution < -0.4 is 4.74 Å². The Morgan fingerprint density at radius 1 is 0.969 bits per heavy atom. The zero-order valence-corrected chi connectivity index (χ0v) is 18.9. The smallest absolute Gasteiger partial charge is 0.293 e. The number of thioether (sulfide) groups is 1. The predicted molar refractivity (Wildman–Crippen MR) is 125 cm³/mol. The van der Waals surface area contributed by atoms with Crippen LogP contribution in [0.25, 0.3) is 6.08 Å². The van der Waals surface area contributed by atoms with Crippen LogP contribution in [0.15, 0.2) is 71.6 Å². The van der Waals surface area contributed by atoms with Gasteiger partial charge >= 0.3 is 0 Å². The highest BCUT2D eigenvalue weighted by Gasteiger charge is 2.35. The molecule has 1 saturated heterocycles. The lowest BCUT2D eigenvalue weighted by Crippen LogP contribution is -2.27. The molecule has 4 rings (SSSR count). The summed E-state index contributed by atoms with van der Waals surface area (Å²) >= 11 is 12.8. The number of benzene rings is 3. The van der Waals surface area contributed by atoms with E-state index in [1.807, 2.05) is 0 Å². The van der Waals surface area contributed by atoms with Gasteiger partial charge in [0, 0.05) is 5.56 Å². The third kappa shape index (κ3) is 5.15. The first-order valence-electron chi connectivity index (χ1n) is 9.56. The van der Waals surface area contributed by atoms with Gasteiger partial charge in [0.1, 0.15) is 18.2 Å². The SMILES string of the molecule is O=C1S/C(=C/c2ccc(OCc3ccccc3F)cc2)C(=O)N1Cc1ccc(Cl)c(Cl)c1. The Balaban J connectivity index is 1.42. The van der Waals surface area contributed by atoms with Crippen molar-refractivity contribution < 1.29 is 18.7 Å². The van der Waals surface area contributed by atoms with Crippen LogP contribution in [0.5, 0.6) is 5.75 Å². The molecule has 8 heteroatoms. The second kappa shape index (κ2) is 9.77. The van der Waals surface area contributed by atoms with Crippen LogP contribution in [0.1, 0.15) is 16.7 Å². The molecule has 3 aromatic carbocycles. The Morgan fingerprint density at radius 3 is 2.44 bits per heavy atom. The first kappa shape index (κ1) is 22.4. The number of nitrogens with zero attached hydrogens (tertiary/aromatic N) is 1. The van der Waals surface area contributed by atoms with Crippen LogP contribution in [0.2, 0.25) is 10.0 Å². The summed E-state index contributed by atoms with van der Waals surface area (Å²) in [6.07, 6.45) is 1.65. The molecule has 0 aliphatic carbocycles. The molecule has 2 amide bonds. The number of ether oxygens (including phenoxy) is 1. The van der Waals surface area contributed by atoms with Gasteiger partial charge in [0.2, 0.25) is 0 Å². The van der Waals surface area contributed by atoms with Gasteiger partial charge in [-0.15, -0.1) is 0 Å². The Labute approximate surface area is 198 Å². The van der Waals surface area contributed by atoms with E-state index in [2.05, 4.69) is 0 Å². The Bertz CT molecular complexity index is 1210. The van der Waals surface area contributed by atoms with Crippen molar-refractivity contribution in [2.24, 2.45) is 0 Å². The van der Waals surface area contributed by atoms with E-state index in [1.165, 1.54) is 11.0 Å². The first-order valence-corrected chi connectivity index (χ1v) is 11.1. The molecule has 4 nitrogen and oxygen atoms in total. The average Bonchev–Trinajstić information content (AvgIpc) is 3.04. The molecule has 0 spiro atoms. The lowest BCUT2D eigenvalue weighted by molar-refractivity contribution is -0.123. The summed E-state index contributed by atoms with van der Waals surface area (Å²) in [7, 11) is 0. The van der Waals surface area contributed by atoms with Crippen LogP contribution in [0.3, 0.4) is 0 Å². The third-order valence-electron chi connectivity index (χ3n) is 4.73. The second-order valence-electron chi connectivity index (χ2n) is 6.97. The molecule has 0 atom stereocenters. The van der Waals surface area contributed by atoms with E-state index >= 15 is 0 Å². The van der Waals surface area contributed by atoms with Gasteiger partial charge < -0.3 is 4.74 Å². The zero-order valence-electron chi connectivity index (χ0n) is 16.6. The van der Waals surface area contributed by atoms with Crippen molar-refractivity contribution in [3.8, 4) is 5.75 Å². The predicted octanol–water partition coefficient (Wildman–Crippen LogP) is 6.95. The van der Waals surface area contributed by atoms with E-state index in [0.717, 1.165) is 17.3 Å². The first-order chi connectivity index (χ1) is 15.4. The summed E-state index contributed by atoms with van der Waals surface area (Å²) in [4.78, 5) is 26.6.